The Hall–Kier alpha value is -3.60. The maximum Gasteiger partial charge on any atom is 0.416 e. The molecule has 0 atom stereocenters. The number of benzene rings is 3. The lowest BCUT2D eigenvalue weighted by Crippen LogP contribution is -2.26. The van der Waals surface area contributed by atoms with Crippen LogP contribution in [0.15, 0.2) is 72.8 Å². The standard InChI is InChI=1S/C31H32F3NO3/c1-2-3-4-5-7-24-10-12-25(13-11-24)14-15-26-8-6-9-28(20-26)22-35(38-23-30(36)37)21-27-16-18-29(19-17-27)31(32,33)34/h6,8-13,16-20H,2-5,7,21-23H2,1H3,(H,36,37). The molecule has 3 rings (SSSR count). The highest BCUT2D eigenvalue weighted by atomic mass is 19.4. The van der Waals surface area contributed by atoms with Gasteiger partial charge in [-0.3, -0.25) is 4.84 Å². The van der Waals surface area contributed by atoms with E-state index in [0.717, 1.165) is 35.2 Å². The molecule has 38 heavy (non-hydrogen) atoms. The molecule has 0 aliphatic rings. The molecule has 0 fully saturated rings. The van der Waals surface area contributed by atoms with E-state index in [9.17, 15) is 18.0 Å². The Labute approximate surface area is 222 Å². The largest absolute Gasteiger partial charge is 0.479 e. The summed E-state index contributed by atoms with van der Waals surface area (Å²) in [6.07, 6.45) is 1.58. The van der Waals surface area contributed by atoms with Crippen molar-refractivity contribution in [1.29, 1.82) is 0 Å². The highest BCUT2D eigenvalue weighted by molar-refractivity contribution is 5.67. The van der Waals surface area contributed by atoms with Gasteiger partial charge in [0.25, 0.3) is 0 Å². The summed E-state index contributed by atoms with van der Waals surface area (Å²) in [5.74, 6) is 5.20. The fourth-order valence-electron chi connectivity index (χ4n) is 3.90. The molecule has 0 radical (unpaired) electrons. The molecule has 0 spiro atoms. The third-order valence-corrected chi connectivity index (χ3v) is 5.92. The number of hydroxylamine groups is 2. The number of aryl methyl sites for hydroxylation is 1. The Bertz CT molecular complexity index is 1230. The van der Waals surface area contributed by atoms with Crippen molar-refractivity contribution in [3.63, 3.8) is 0 Å². The van der Waals surface area contributed by atoms with Crippen molar-refractivity contribution >= 4 is 5.97 Å². The van der Waals surface area contributed by atoms with Gasteiger partial charge in [-0.15, -0.1) is 0 Å². The Morgan fingerprint density at radius 2 is 1.50 bits per heavy atom. The van der Waals surface area contributed by atoms with Crippen molar-refractivity contribution in [2.45, 2.75) is 58.3 Å². The lowest BCUT2D eigenvalue weighted by Gasteiger charge is -2.21. The molecule has 1 N–H and O–H groups in total. The SMILES string of the molecule is CCCCCCc1ccc(C#Cc2cccc(CN(Cc3ccc(C(F)(F)F)cc3)OCC(=O)O)c2)cc1. The first kappa shape index (κ1) is 29.0. The summed E-state index contributed by atoms with van der Waals surface area (Å²) in [6, 6.07) is 20.5. The fraction of sp³-hybridized carbons (Fsp3) is 0.323. The molecule has 0 saturated heterocycles. The highest BCUT2D eigenvalue weighted by Gasteiger charge is 2.30. The second kappa shape index (κ2) is 14.4. The number of carboxylic acid groups (broad SMARTS) is 1. The summed E-state index contributed by atoms with van der Waals surface area (Å²) in [6.45, 7) is 1.99. The number of aliphatic carboxylic acids is 1. The van der Waals surface area contributed by atoms with E-state index >= 15 is 0 Å². The number of nitrogens with zero attached hydrogens (tertiary/aromatic N) is 1. The molecule has 0 aliphatic carbocycles. The molecule has 0 unspecified atom stereocenters. The predicted molar refractivity (Wildman–Crippen MR) is 141 cm³/mol. The minimum absolute atomic E-state index is 0.117. The number of hydrogen-bond acceptors (Lipinski definition) is 3. The molecule has 3 aromatic rings. The van der Waals surface area contributed by atoms with Gasteiger partial charge in [-0.1, -0.05) is 74.4 Å². The van der Waals surface area contributed by atoms with Crippen LogP contribution in [0, 0.1) is 11.8 Å². The summed E-state index contributed by atoms with van der Waals surface area (Å²) < 4.78 is 38.6. The quantitative estimate of drug-likeness (QED) is 0.154. The van der Waals surface area contributed by atoms with E-state index in [1.54, 1.807) is 0 Å². The van der Waals surface area contributed by atoms with E-state index in [1.807, 2.05) is 36.4 Å². The van der Waals surface area contributed by atoms with Gasteiger partial charge in [-0.05, 0) is 65.9 Å². The summed E-state index contributed by atoms with van der Waals surface area (Å²) in [5.41, 5.74) is 3.67. The predicted octanol–water partition coefficient (Wildman–Crippen LogP) is 7.25. The molecule has 0 aliphatic heterocycles. The maximum absolute atomic E-state index is 12.9. The van der Waals surface area contributed by atoms with Crippen LogP contribution in [0.25, 0.3) is 0 Å². The van der Waals surface area contributed by atoms with Crippen LogP contribution in [-0.2, 0) is 35.3 Å². The van der Waals surface area contributed by atoms with Crippen LogP contribution >= 0.6 is 0 Å². The summed E-state index contributed by atoms with van der Waals surface area (Å²) in [7, 11) is 0. The van der Waals surface area contributed by atoms with Crippen LogP contribution < -0.4 is 0 Å². The smallest absolute Gasteiger partial charge is 0.416 e. The van der Waals surface area contributed by atoms with Crippen LogP contribution in [0.1, 0.15) is 66.0 Å². The normalized spacial score (nSPS) is 11.3. The molecule has 7 heteroatoms. The Morgan fingerprint density at radius 1 is 0.842 bits per heavy atom. The third kappa shape index (κ3) is 10.0. The minimum atomic E-state index is -4.42. The molecule has 0 aromatic heterocycles. The van der Waals surface area contributed by atoms with Crippen LogP contribution in [0.5, 0.6) is 0 Å². The van der Waals surface area contributed by atoms with Gasteiger partial charge in [0.1, 0.15) is 0 Å². The van der Waals surface area contributed by atoms with Crippen molar-refractivity contribution in [3.05, 3.63) is 106 Å². The van der Waals surface area contributed by atoms with Gasteiger partial charge >= 0.3 is 12.1 Å². The summed E-state index contributed by atoms with van der Waals surface area (Å²) in [5, 5.41) is 10.4. The molecular weight excluding hydrogens is 491 g/mol. The molecule has 0 amide bonds. The highest BCUT2D eigenvalue weighted by Crippen LogP contribution is 2.29. The van der Waals surface area contributed by atoms with E-state index in [4.69, 9.17) is 9.94 Å². The van der Waals surface area contributed by atoms with E-state index in [1.165, 1.54) is 48.4 Å². The fourth-order valence-corrected chi connectivity index (χ4v) is 3.90. The topological polar surface area (TPSA) is 49.8 Å². The number of unbranched alkanes of at least 4 members (excludes halogenated alkanes) is 3. The third-order valence-electron chi connectivity index (χ3n) is 5.92. The zero-order valence-corrected chi connectivity index (χ0v) is 21.4. The first-order chi connectivity index (χ1) is 18.2. The van der Waals surface area contributed by atoms with Crippen molar-refractivity contribution in [2.24, 2.45) is 0 Å². The minimum Gasteiger partial charge on any atom is -0.479 e. The van der Waals surface area contributed by atoms with Crippen LogP contribution in [0.3, 0.4) is 0 Å². The Kier molecular flexibility index (Phi) is 11.0. The van der Waals surface area contributed by atoms with Gasteiger partial charge in [0.2, 0.25) is 0 Å². The van der Waals surface area contributed by atoms with E-state index in [-0.39, 0.29) is 13.1 Å². The second-order valence-electron chi connectivity index (χ2n) is 9.12. The molecular formula is C31H32F3NO3. The van der Waals surface area contributed by atoms with Crippen molar-refractivity contribution in [1.82, 2.24) is 5.06 Å². The van der Waals surface area contributed by atoms with E-state index in [2.05, 4.69) is 30.9 Å². The maximum atomic E-state index is 12.9. The van der Waals surface area contributed by atoms with Crippen LogP contribution in [0.4, 0.5) is 13.2 Å². The number of halogens is 3. The average Bonchev–Trinajstić information content (AvgIpc) is 2.89. The van der Waals surface area contributed by atoms with Crippen molar-refractivity contribution < 1.29 is 27.9 Å². The molecule has 0 bridgehead atoms. The molecule has 0 heterocycles. The van der Waals surface area contributed by atoms with Gasteiger partial charge in [0, 0.05) is 24.2 Å². The zero-order valence-electron chi connectivity index (χ0n) is 21.4. The molecule has 200 valence electrons. The van der Waals surface area contributed by atoms with Crippen LogP contribution in [0.2, 0.25) is 0 Å². The Balaban J connectivity index is 1.66. The number of rotatable bonds is 12. The van der Waals surface area contributed by atoms with Gasteiger partial charge < -0.3 is 5.11 Å². The summed E-state index contributed by atoms with van der Waals surface area (Å²) >= 11 is 0. The van der Waals surface area contributed by atoms with Gasteiger partial charge in [-0.25, -0.2) is 4.79 Å². The van der Waals surface area contributed by atoms with Crippen LogP contribution in [-0.4, -0.2) is 22.7 Å². The van der Waals surface area contributed by atoms with Crippen molar-refractivity contribution in [3.8, 4) is 11.8 Å². The first-order valence-electron chi connectivity index (χ1n) is 12.7. The molecule has 4 nitrogen and oxygen atoms in total. The first-order valence-corrected chi connectivity index (χ1v) is 12.7. The van der Waals surface area contributed by atoms with E-state index in [0.29, 0.717) is 5.56 Å². The lowest BCUT2D eigenvalue weighted by molar-refractivity contribution is -0.190. The van der Waals surface area contributed by atoms with Gasteiger partial charge in [0.15, 0.2) is 6.61 Å². The number of carbonyl (C=O) groups is 1. The molecule has 0 saturated carbocycles. The zero-order chi connectivity index (χ0) is 27.4. The monoisotopic (exact) mass is 523 g/mol. The van der Waals surface area contributed by atoms with E-state index < -0.39 is 24.3 Å². The summed E-state index contributed by atoms with van der Waals surface area (Å²) in [4.78, 5) is 16.4. The van der Waals surface area contributed by atoms with Gasteiger partial charge in [0.05, 0.1) is 5.56 Å². The van der Waals surface area contributed by atoms with Crippen molar-refractivity contribution in [2.75, 3.05) is 6.61 Å². The second-order valence-corrected chi connectivity index (χ2v) is 9.12. The number of carboxylic acids is 1. The van der Waals surface area contributed by atoms with Gasteiger partial charge in [-0.2, -0.15) is 18.2 Å². The average molecular weight is 524 g/mol. The lowest BCUT2D eigenvalue weighted by atomic mass is 10.0. The Morgan fingerprint density at radius 3 is 2.16 bits per heavy atom. The number of hydrogen-bond donors (Lipinski definition) is 1. The molecule has 3 aromatic carbocycles. The number of alkyl halides is 3.